The number of unbranched alkanes of at least 4 members (excludes halogenated alkanes) is 10. The van der Waals surface area contributed by atoms with E-state index in [2.05, 4.69) is 17.7 Å². The van der Waals surface area contributed by atoms with Crippen LogP contribution in [-0.2, 0) is 10.0 Å². The first-order chi connectivity index (χ1) is 10.1. The molecule has 0 aliphatic carbocycles. The molecule has 21 heavy (non-hydrogen) atoms. The largest absolute Gasteiger partial charge is 0.215 e. The van der Waals surface area contributed by atoms with Crippen LogP contribution in [0.3, 0.4) is 0 Å². The van der Waals surface area contributed by atoms with Crippen molar-refractivity contribution < 1.29 is 8.42 Å². The van der Waals surface area contributed by atoms with Crippen LogP contribution in [0.5, 0.6) is 0 Å². The molecule has 124 valence electrons. The highest BCUT2D eigenvalue weighted by atomic mass is 32.2. The zero-order chi connectivity index (χ0) is 15.8. The fourth-order valence-corrected chi connectivity index (χ4v) is 3.42. The maximum atomic E-state index is 11.7. The summed E-state index contributed by atoms with van der Waals surface area (Å²) in [5.41, 5.74) is 0. The monoisotopic (exact) mass is 316 g/mol. The summed E-state index contributed by atoms with van der Waals surface area (Å²) < 4.78 is 26.1. The van der Waals surface area contributed by atoms with Gasteiger partial charge < -0.3 is 0 Å². The average molecular weight is 317 g/mol. The van der Waals surface area contributed by atoms with Crippen molar-refractivity contribution >= 4 is 10.0 Å². The Morgan fingerprint density at radius 3 is 2.10 bits per heavy atom. The summed E-state index contributed by atoms with van der Waals surface area (Å²) in [6.45, 7) is 2.72. The van der Waals surface area contributed by atoms with E-state index in [9.17, 15) is 8.42 Å². The van der Waals surface area contributed by atoms with Crippen molar-refractivity contribution in [2.24, 2.45) is 0 Å². The second-order valence-electron chi connectivity index (χ2n) is 5.66. The van der Waals surface area contributed by atoms with E-state index in [1.54, 1.807) is 0 Å². The average Bonchev–Trinajstić information content (AvgIpc) is 2.45. The second kappa shape index (κ2) is 14.3. The van der Waals surface area contributed by atoms with E-state index in [1.807, 2.05) is 0 Å². The SMILES string of the molecule is CCCCCCCS(=O)(=O)NCCCCCCCCC#N. The van der Waals surface area contributed by atoms with Gasteiger partial charge in [-0.25, -0.2) is 13.1 Å². The van der Waals surface area contributed by atoms with Crippen molar-refractivity contribution in [1.29, 1.82) is 5.26 Å². The Labute approximate surface area is 131 Å². The zero-order valence-electron chi connectivity index (χ0n) is 13.6. The standard InChI is InChI=1S/C16H32N2O2S/c1-2-3-4-10-13-16-21(19,20)18-15-12-9-7-5-6-8-11-14-17/h18H,2-13,15-16H2,1H3. The van der Waals surface area contributed by atoms with Gasteiger partial charge in [0.2, 0.25) is 10.0 Å². The van der Waals surface area contributed by atoms with Crippen molar-refractivity contribution in [1.82, 2.24) is 4.72 Å². The van der Waals surface area contributed by atoms with Gasteiger partial charge in [0.05, 0.1) is 11.8 Å². The predicted molar refractivity (Wildman–Crippen MR) is 88.5 cm³/mol. The summed E-state index contributed by atoms with van der Waals surface area (Å²) in [4.78, 5) is 0. The van der Waals surface area contributed by atoms with Crippen LogP contribution in [-0.4, -0.2) is 20.7 Å². The van der Waals surface area contributed by atoms with E-state index in [0.717, 1.165) is 57.8 Å². The van der Waals surface area contributed by atoms with Crippen LogP contribution in [0.15, 0.2) is 0 Å². The van der Waals surface area contributed by atoms with Crippen molar-refractivity contribution in [2.45, 2.75) is 84.0 Å². The van der Waals surface area contributed by atoms with E-state index >= 15 is 0 Å². The number of hydrogen-bond acceptors (Lipinski definition) is 3. The van der Waals surface area contributed by atoms with Crippen LogP contribution in [0.1, 0.15) is 84.0 Å². The van der Waals surface area contributed by atoms with Crippen LogP contribution in [0, 0.1) is 11.3 Å². The minimum absolute atomic E-state index is 0.269. The molecule has 0 aliphatic rings. The van der Waals surface area contributed by atoms with Gasteiger partial charge >= 0.3 is 0 Å². The minimum Gasteiger partial charge on any atom is -0.215 e. The molecule has 0 fully saturated rings. The molecule has 0 bridgehead atoms. The lowest BCUT2D eigenvalue weighted by Crippen LogP contribution is -2.27. The Morgan fingerprint density at radius 1 is 0.857 bits per heavy atom. The Kier molecular flexibility index (Phi) is 13.9. The van der Waals surface area contributed by atoms with Gasteiger partial charge in [-0.1, -0.05) is 58.3 Å². The molecular weight excluding hydrogens is 284 g/mol. The van der Waals surface area contributed by atoms with E-state index < -0.39 is 10.0 Å². The molecule has 0 aliphatic heterocycles. The fraction of sp³-hybridized carbons (Fsp3) is 0.938. The first-order valence-electron chi connectivity index (χ1n) is 8.46. The first-order valence-corrected chi connectivity index (χ1v) is 10.1. The van der Waals surface area contributed by atoms with Gasteiger partial charge in [0.1, 0.15) is 0 Å². The molecule has 0 radical (unpaired) electrons. The molecular formula is C16H32N2O2S. The van der Waals surface area contributed by atoms with Crippen LogP contribution >= 0.6 is 0 Å². The summed E-state index contributed by atoms with van der Waals surface area (Å²) in [6.07, 6.45) is 12.3. The van der Waals surface area contributed by atoms with Gasteiger partial charge in [0.15, 0.2) is 0 Å². The van der Waals surface area contributed by atoms with Crippen LogP contribution < -0.4 is 4.72 Å². The summed E-state index contributed by atoms with van der Waals surface area (Å²) in [6, 6.07) is 2.15. The summed E-state index contributed by atoms with van der Waals surface area (Å²) in [5.74, 6) is 0.269. The molecule has 0 amide bonds. The van der Waals surface area contributed by atoms with E-state index in [1.165, 1.54) is 12.8 Å². The number of nitrogens with one attached hydrogen (secondary N) is 1. The number of nitrogens with zero attached hydrogens (tertiary/aromatic N) is 1. The summed E-state index contributed by atoms with van der Waals surface area (Å²) in [5, 5.41) is 8.40. The van der Waals surface area contributed by atoms with Gasteiger partial charge in [-0.2, -0.15) is 5.26 Å². The molecule has 0 atom stereocenters. The lowest BCUT2D eigenvalue weighted by atomic mass is 10.1. The van der Waals surface area contributed by atoms with Crippen LogP contribution in [0.4, 0.5) is 0 Å². The van der Waals surface area contributed by atoms with Crippen molar-refractivity contribution in [3.8, 4) is 6.07 Å². The van der Waals surface area contributed by atoms with Crippen molar-refractivity contribution in [2.75, 3.05) is 12.3 Å². The Bertz CT molecular complexity index is 361. The molecule has 0 unspecified atom stereocenters. The van der Waals surface area contributed by atoms with Gasteiger partial charge in [-0.3, -0.25) is 0 Å². The number of nitriles is 1. The van der Waals surface area contributed by atoms with Gasteiger partial charge in [0.25, 0.3) is 0 Å². The van der Waals surface area contributed by atoms with Gasteiger partial charge in [-0.15, -0.1) is 0 Å². The maximum Gasteiger partial charge on any atom is 0.211 e. The van der Waals surface area contributed by atoms with Crippen LogP contribution in [0.25, 0.3) is 0 Å². The third kappa shape index (κ3) is 15.6. The lowest BCUT2D eigenvalue weighted by molar-refractivity contribution is 0.560. The number of hydrogen-bond donors (Lipinski definition) is 1. The van der Waals surface area contributed by atoms with E-state index in [4.69, 9.17) is 5.26 Å². The Balaban J connectivity index is 3.39. The number of sulfonamides is 1. The predicted octanol–water partition coefficient (Wildman–Crippen LogP) is 4.13. The highest BCUT2D eigenvalue weighted by Gasteiger charge is 2.08. The fourth-order valence-electron chi connectivity index (χ4n) is 2.23. The van der Waals surface area contributed by atoms with Crippen LogP contribution in [0.2, 0.25) is 0 Å². The quantitative estimate of drug-likeness (QED) is 0.462. The normalized spacial score (nSPS) is 11.4. The lowest BCUT2D eigenvalue weighted by Gasteiger charge is -2.06. The Hall–Kier alpha value is -0.600. The molecule has 0 aromatic heterocycles. The number of rotatable bonds is 15. The van der Waals surface area contributed by atoms with Gasteiger partial charge in [0, 0.05) is 13.0 Å². The highest BCUT2D eigenvalue weighted by molar-refractivity contribution is 7.89. The molecule has 1 N–H and O–H groups in total. The van der Waals surface area contributed by atoms with Crippen molar-refractivity contribution in [3.63, 3.8) is 0 Å². The van der Waals surface area contributed by atoms with E-state index in [0.29, 0.717) is 13.0 Å². The van der Waals surface area contributed by atoms with Gasteiger partial charge in [-0.05, 0) is 19.3 Å². The Morgan fingerprint density at radius 2 is 1.43 bits per heavy atom. The molecule has 0 spiro atoms. The van der Waals surface area contributed by atoms with Crippen molar-refractivity contribution in [3.05, 3.63) is 0 Å². The minimum atomic E-state index is -3.06. The summed E-state index contributed by atoms with van der Waals surface area (Å²) >= 11 is 0. The molecule has 0 aromatic carbocycles. The third-order valence-electron chi connectivity index (χ3n) is 3.55. The molecule has 0 heterocycles. The summed E-state index contributed by atoms with van der Waals surface area (Å²) in [7, 11) is -3.06. The molecule has 4 nitrogen and oxygen atoms in total. The molecule has 5 heteroatoms. The third-order valence-corrected chi connectivity index (χ3v) is 5.02. The molecule has 0 rings (SSSR count). The first kappa shape index (κ1) is 20.4. The maximum absolute atomic E-state index is 11.7. The smallest absolute Gasteiger partial charge is 0.211 e. The van der Waals surface area contributed by atoms with E-state index in [-0.39, 0.29) is 5.75 Å². The molecule has 0 saturated heterocycles. The second-order valence-corrected chi connectivity index (χ2v) is 7.58. The topological polar surface area (TPSA) is 70.0 Å². The molecule has 0 aromatic rings. The highest BCUT2D eigenvalue weighted by Crippen LogP contribution is 2.07. The zero-order valence-corrected chi connectivity index (χ0v) is 14.4. The molecule has 0 saturated carbocycles.